The maximum atomic E-state index is 14.0. The maximum absolute atomic E-state index is 14.0. The van der Waals surface area contributed by atoms with Crippen LogP contribution in [0.2, 0.25) is 10.0 Å². The number of piperidine rings is 1. The zero-order valence-electron chi connectivity index (χ0n) is 22.3. The van der Waals surface area contributed by atoms with Gasteiger partial charge in [-0.05, 0) is 68.6 Å². The van der Waals surface area contributed by atoms with Gasteiger partial charge in [0, 0.05) is 43.4 Å². The molecule has 11 heteroatoms. The first-order valence-electron chi connectivity index (χ1n) is 13.4. The fraction of sp³-hybridized carbons (Fsp3) is 0.400. The molecule has 0 radical (unpaired) electrons. The van der Waals surface area contributed by atoms with E-state index in [1.165, 1.54) is 36.7 Å². The van der Waals surface area contributed by atoms with Gasteiger partial charge in [-0.15, -0.1) is 0 Å². The highest BCUT2D eigenvalue weighted by Gasteiger charge is 2.49. The number of benzene rings is 2. The van der Waals surface area contributed by atoms with E-state index >= 15 is 0 Å². The Morgan fingerprint density at radius 3 is 2.41 bits per heavy atom. The molecule has 0 spiro atoms. The van der Waals surface area contributed by atoms with Gasteiger partial charge in [-0.3, -0.25) is 9.78 Å². The second kappa shape index (κ2) is 11.8. The van der Waals surface area contributed by atoms with E-state index in [4.69, 9.17) is 27.9 Å². The summed E-state index contributed by atoms with van der Waals surface area (Å²) >= 11 is 12.2. The summed E-state index contributed by atoms with van der Waals surface area (Å²) in [6, 6.07) is 9.73. The van der Waals surface area contributed by atoms with Crippen LogP contribution in [0.1, 0.15) is 53.2 Å². The first-order valence-corrected chi connectivity index (χ1v) is 14.2. The summed E-state index contributed by atoms with van der Waals surface area (Å²) in [6.45, 7) is 4.01. The normalized spacial score (nSPS) is 20.4. The molecule has 2 aliphatic heterocycles. The summed E-state index contributed by atoms with van der Waals surface area (Å²) < 4.78 is 60.3. The van der Waals surface area contributed by atoms with E-state index in [1.54, 1.807) is 6.07 Å². The van der Waals surface area contributed by atoms with Crippen LogP contribution in [0.4, 0.5) is 17.6 Å². The Hall–Kier alpha value is -2.88. The van der Waals surface area contributed by atoms with Crippen molar-refractivity contribution in [1.29, 1.82) is 0 Å². The molecular formula is C30H29Cl2F4N3O2. The third kappa shape index (κ3) is 6.17. The predicted octanol–water partition coefficient (Wildman–Crippen LogP) is 7.30. The lowest BCUT2D eigenvalue weighted by Gasteiger charge is -2.44. The Morgan fingerprint density at radius 2 is 1.78 bits per heavy atom. The monoisotopic (exact) mass is 609 g/mol. The minimum atomic E-state index is -4.44. The third-order valence-corrected chi connectivity index (χ3v) is 8.79. The number of pyridine rings is 1. The SMILES string of the molecule is CC(CCNC(=O)c1c(Cl)cncc1Cl)N1CCC(C2(c3ccc(C(F)(F)F)cc3)Cc3ccc(F)cc3O2)CC1. The number of ether oxygens (including phenoxy) is 1. The van der Waals surface area contributed by atoms with Gasteiger partial charge in [-0.2, -0.15) is 13.2 Å². The summed E-state index contributed by atoms with van der Waals surface area (Å²) in [4.78, 5) is 18.8. The lowest BCUT2D eigenvalue weighted by atomic mass is 9.73. The van der Waals surface area contributed by atoms with Gasteiger partial charge in [0.2, 0.25) is 0 Å². The number of nitrogens with zero attached hydrogens (tertiary/aromatic N) is 2. The molecule has 1 aromatic heterocycles. The van der Waals surface area contributed by atoms with E-state index < -0.39 is 23.2 Å². The quantitative estimate of drug-likeness (QED) is 0.286. The van der Waals surface area contributed by atoms with Gasteiger partial charge in [0.15, 0.2) is 0 Å². The van der Waals surface area contributed by atoms with Gasteiger partial charge in [-0.1, -0.05) is 41.4 Å². The molecule has 1 amide bonds. The largest absolute Gasteiger partial charge is 0.482 e. The van der Waals surface area contributed by atoms with Crippen LogP contribution in [0.25, 0.3) is 0 Å². The number of rotatable bonds is 7. The second-order valence-corrected chi connectivity index (χ2v) is 11.5. The fourth-order valence-corrected chi connectivity index (χ4v) is 6.49. The number of likely N-dealkylation sites (tertiary alicyclic amines) is 1. The number of alkyl halides is 3. The van der Waals surface area contributed by atoms with Crippen LogP contribution in [0.3, 0.4) is 0 Å². The van der Waals surface area contributed by atoms with Crippen molar-refractivity contribution in [3.63, 3.8) is 0 Å². The molecule has 0 saturated carbocycles. The van der Waals surface area contributed by atoms with Gasteiger partial charge < -0.3 is 15.0 Å². The number of halogens is 6. The van der Waals surface area contributed by atoms with Gasteiger partial charge in [0.25, 0.3) is 5.91 Å². The molecule has 0 aliphatic carbocycles. The first kappa shape index (κ1) is 29.6. The van der Waals surface area contributed by atoms with Crippen LogP contribution in [0.15, 0.2) is 54.9 Å². The fourth-order valence-electron chi connectivity index (χ4n) is 5.95. The predicted molar refractivity (Wildman–Crippen MR) is 149 cm³/mol. The average molecular weight is 610 g/mol. The maximum Gasteiger partial charge on any atom is 0.416 e. The van der Waals surface area contributed by atoms with Crippen LogP contribution in [0, 0.1) is 11.7 Å². The topological polar surface area (TPSA) is 54.5 Å². The number of carbonyl (C=O) groups excluding carboxylic acids is 1. The van der Waals surface area contributed by atoms with Gasteiger partial charge in [-0.25, -0.2) is 4.39 Å². The van der Waals surface area contributed by atoms with Crippen LogP contribution >= 0.6 is 23.2 Å². The van der Waals surface area contributed by atoms with Crippen molar-refractivity contribution < 1.29 is 27.1 Å². The molecular weight excluding hydrogens is 581 g/mol. The van der Waals surface area contributed by atoms with Crippen molar-refractivity contribution in [2.24, 2.45) is 5.92 Å². The summed E-state index contributed by atoms with van der Waals surface area (Å²) in [6.07, 6.45) is 0.951. The number of fused-ring (bicyclic) bond motifs is 1. The highest BCUT2D eigenvalue weighted by atomic mass is 35.5. The van der Waals surface area contributed by atoms with E-state index in [1.807, 2.05) is 0 Å². The molecule has 0 bridgehead atoms. The molecule has 218 valence electrons. The second-order valence-electron chi connectivity index (χ2n) is 10.7. The van der Waals surface area contributed by atoms with Crippen LogP contribution in [-0.4, -0.2) is 41.5 Å². The third-order valence-electron chi connectivity index (χ3n) is 8.22. The number of aromatic nitrogens is 1. The van der Waals surface area contributed by atoms with E-state index in [-0.39, 0.29) is 33.5 Å². The van der Waals surface area contributed by atoms with Gasteiger partial charge in [0.05, 0.1) is 21.2 Å². The van der Waals surface area contributed by atoms with Gasteiger partial charge >= 0.3 is 6.18 Å². The lowest BCUT2D eigenvalue weighted by molar-refractivity contribution is -0.137. The number of amides is 1. The highest BCUT2D eigenvalue weighted by Crippen LogP contribution is 2.49. The van der Waals surface area contributed by atoms with E-state index in [0.29, 0.717) is 30.7 Å². The van der Waals surface area contributed by atoms with Crippen molar-refractivity contribution in [3.8, 4) is 5.75 Å². The number of carbonyl (C=O) groups is 1. The number of nitrogens with one attached hydrogen (secondary N) is 1. The first-order chi connectivity index (χ1) is 19.5. The molecule has 3 heterocycles. The standard InChI is InChI=1S/C30H29Cl2F4N3O2/c1-18(8-11-38-28(40)27-24(31)16-37-17-25(27)32)39-12-9-21(10-13-39)29(15-19-2-7-23(33)14-26(19)41-29)20-3-5-22(6-4-20)30(34,35)36/h2-7,14,16-18,21H,8-13,15H2,1H3,(H,38,40). The zero-order valence-corrected chi connectivity index (χ0v) is 23.8. The molecule has 2 aliphatic rings. The summed E-state index contributed by atoms with van der Waals surface area (Å²) in [5.41, 5.74) is 0.0917. The minimum absolute atomic E-state index is 0.00817. The van der Waals surface area contributed by atoms with Crippen LogP contribution < -0.4 is 10.1 Å². The van der Waals surface area contributed by atoms with Crippen molar-refractivity contribution in [3.05, 3.63) is 93.0 Å². The molecule has 5 nitrogen and oxygen atoms in total. The smallest absolute Gasteiger partial charge is 0.416 e. The minimum Gasteiger partial charge on any atom is -0.482 e. The molecule has 3 aromatic rings. The Bertz CT molecular complexity index is 1390. The number of hydrogen-bond donors (Lipinski definition) is 1. The van der Waals surface area contributed by atoms with E-state index in [2.05, 4.69) is 22.1 Å². The molecule has 41 heavy (non-hydrogen) atoms. The van der Waals surface area contributed by atoms with Crippen molar-refractivity contribution in [2.75, 3.05) is 19.6 Å². The van der Waals surface area contributed by atoms with Crippen LogP contribution in [-0.2, 0) is 18.2 Å². The molecule has 2 aromatic carbocycles. The van der Waals surface area contributed by atoms with Crippen LogP contribution in [0.5, 0.6) is 5.75 Å². The summed E-state index contributed by atoms with van der Waals surface area (Å²) in [7, 11) is 0. The Balaban J connectivity index is 1.25. The lowest BCUT2D eigenvalue weighted by Crippen LogP contribution is -2.48. The van der Waals surface area contributed by atoms with Crippen molar-refractivity contribution in [2.45, 2.75) is 50.4 Å². The van der Waals surface area contributed by atoms with Crippen molar-refractivity contribution in [1.82, 2.24) is 15.2 Å². The Morgan fingerprint density at radius 1 is 1.12 bits per heavy atom. The Kier molecular flexibility index (Phi) is 8.51. The molecule has 5 rings (SSSR count). The summed E-state index contributed by atoms with van der Waals surface area (Å²) in [5.74, 6) is -0.336. The Labute approximate surface area is 245 Å². The number of hydrogen-bond acceptors (Lipinski definition) is 4. The highest BCUT2D eigenvalue weighted by molar-refractivity contribution is 6.39. The molecule has 1 fully saturated rings. The zero-order chi connectivity index (χ0) is 29.4. The van der Waals surface area contributed by atoms with E-state index in [0.717, 1.165) is 43.6 Å². The van der Waals surface area contributed by atoms with Crippen molar-refractivity contribution >= 4 is 29.1 Å². The van der Waals surface area contributed by atoms with E-state index in [9.17, 15) is 22.4 Å². The summed E-state index contributed by atoms with van der Waals surface area (Å²) in [5, 5.41) is 3.24. The molecule has 1 saturated heterocycles. The molecule has 2 unspecified atom stereocenters. The molecule has 1 N–H and O–H groups in total. The van der Waals surface area contributed by atoms with Gasteiger partial charge in [0.1, 0.15) is 17.2 Å². The average Bonchev–Trinajstić information content (AvgIpc) is 3.32. The molecule has 2 atom stereocenters.